The van der Waals surface area contributed by atoms with Gasteiger partial charge >= 0.3 is 0 Å². The van der Waals surface area contributed by atoms with E-state index in [0.29, 0.717) is 34.9 Å². The molecule has 1 amide bonds. The third-order valence-electron chi connectivity index (χ3n) is 4.65. The van der Waals surface area contributed by atoms with Gasteiger partial charge in [0, 0.05) is 12.1 Å². The Morgan fingerprint density at radius 2 is 1.68 bits per heavy atom. The molecular weight excluding hydrogens is 396 g/mol. The van der Waals surface area contributed by atoms with Gasteiger partial charge in [-0.2, -0.15) is 0 Å². The standard InChI is InChI=1S/C21H17ClN2O3S/c22-18-8-4-5-9-19(18)23-21(25)16-10-11-20-15(14-16)12-13-24(20)28(26,27)17-6-2-1-3-7-17/h1-11,14H,12-13H2,(H,23,25). The maximum Gasteiger partial charge on any atom is 0.264 e. The van der Waals surface area contributed by atoms with Crippen molar-refractivity contribution in [1.82, 2.24) is 0 Å². The SMILES string of the molecule is O=C(Nc1ccccc1Cl)c1ccc2c(c1)CCN2S(=O)(=O)c1ccccc1. The number of nitrogens with zero attached hydrogens (tertiary/aromatic N) is 1. The van der Waals surface area contributed by atoms with Gasteiger partial charge < -0.3 is 5.32 Å². The summed E-state index contributed by atoms with van der Waals surface area (Å²) in [5.41, 5.74) is 2.42. The predicted octanol–water partition coefficient (Wildman–Crippen LogP) is 4.34. The second-order valence-corrected chi connectivity index (χ2v) is 8.69. The van der Waals surface area contributed by atoms with Crippen molar-refractivity contribution in [2.75, 3.05) is 16.2 Å². The van der Waals surface area contributed by atoms with E-state index in [1.54, 1.807) is 72.8 Å². The van der Waals surface area contributed by atoms with Crippen LogP contribution >= 0.6 is 11.6 Å². The number of anilines is 2. The zero-order valence-electron chi connectivity index (χ0n) is 14.8. The number of halogens is 1. The molecule has 0 aliphatic carbocycles. The molecule has 0 unspecified atom stereocenters. The van der Waals surface area contributed by atoms with Crippen molar-refractivity contribution in [3.63, 3.8) is 0 Å². The minimum Gasteiger partial charge on any atom is -0.321 e. The van der Waals surface area contributed by atoms with Crippen LogP contribution in [-0.4, -0.2) is 20.9 Å². The van der Waals surface area contributed by atoms with E-state index in [1.807, 2.05) is 0 Å². The Kier molecular flexibility index (Phi) is 4.83. The molecule has 0 bridgehead atoms. The van der Waals surface area contributed by atoms with E-state index in [4.69, 9.17) is 11.6 Å². The number of nitrogens with one attached hydrogen (secondary N) is 1. The highest BCUT2D eigenvalue weighted by Crippen LogP contribution is 2.33. The van der Waals surface area contributed by atoms with E-state index in [-0.39, 0.29) is 10.8 Å². The van der Waals surface area contributed by atoms with Gasteiger partial charge in [0.2, 0.25) is 0 Å². The summed E-state index contributed by atoms with van der Waals surface area (Å²) in [6.07, 6.45) is 0.550. The molecule has 1 N–H and O–H groups in total. The predicted molar refractivity (Wildman–Crippen MR) is 111 cm³/mol. The third kappa shape index (κ3) is 3.37. The smallest absolute Gasteiger partial charge is 0.264 e. The lowest BCUT2D eigenvalue weighted by Crippen LogP contribution is -2.29. The van der Waals surface area contributed by atoms with Gasteiger partial charge in [-0.1, -0.05) is 41.9 Å². The van der Waals surface area contributed by atoms with E-state index in [9.17, 15) is 13.2 Å². The summed E-state index contributed by atoms with van der Waals surface area (Å²) in [4.78, 5) is 12.8. The van der Waals surface area contributed by atoms with Gasteiger partial charge in [0.05, 0.1) is 21.3 Å². The Labute approximate surface area is 168 Å². The molecule has 0 saturated heterocycles. The lowest BCUT2D eigenvalue weighted by molar-refractivity contribution is 0.102. The van der Waals surface area contributed by atoms with E-state index in [0.717, 1.165) is 5.56 Å². The molecule has 0 saturated carbocycles. The van der Waals surface area contributed by atoms with Crippen LogP contribution in [0.5, 0.6) is 0 Å². The van der Waals surface area contributed by atoms with Crippen LogP contribution in [0.4, 0.5) is 11.4 Å². The number of hydrogen-bond acceptors (Lipinski definition) is 3. The molecule has 5 nitrogen and oxygen atoms in total. The Hall–Kier alpha value is -2.83. The fourth-order valence-corrected chi connectivity index (χ4v) is 4.95. The summed E-state index contributed by atoms with van der Waals surface area (Å²) in [6.45, 7) is 0.349. The molecule has 1 aliphatic heterocycles. The van der Waals surface area contributed by atoms with E-state index in [2.05, 4.69) is 5.32 Å². The number of rotatable bonds is 4. The lowest BCUT2D eigenvalue weighted by Gasteiger charge is -2.19. The van der Waals surface area contributed by atoms with Crippen molar-refractivity contribution >= 4 is 38.9 Å². The summed E-state index contributed by atoms with van der Waals surface area (Å²) in [7, 11) is -3.62. The largest absolute Gasteiger partial charge is 0.321 e. The number of hydrogen-bond donors (Lipinski definition) is 1. The van der Waals surface area contributed by atoms with Crippen molar-refractivity contribution in [1.29, 1.82) is 0 Å². The fraction of sp³-hybridized carbons (Fsp3) is 0.0952. The number of sulfonamides is 1. The average Bonchev–Trinajstić information content (AvgIpc) is 3.14. The number of benzene rings is 3. The first-order valence-corrected chi connectivity index (χ1v) is 10.6. The summed E-state index contributed by atoms with van der Waals surface area (Å²) in [6, 6.07) is 20.4. The van der Waals surface area contributed by atoms with Crippen LogP contribution in [0.2, 0.25) is 5.02 Å². The minimum atomic E-state index is -3.62. The highest BCUT2D eigenvalue weighted by atomic mass is 35.5. The molecule has 0 spiro atoms. The molecule has 0 radical (unpaired) electrons. The quantitative estimate of drug-likeness (QED) is 0.693. The van der Waals surface area contributed by atoms with Gasteiger partial charge in [0.1, 0.15) is 0 Å². The van der Waals surface area contributed by atoms with E-state index in [1.165, 1.54) is 4.31 Å². The van der Waals surface area contributed by atoms with Crippen molar-refractivity contribution in [3.05, 3.63) is 88.9 Å². The van der Waals surface area contributed by atoms with Gasteiger partial charge in [-0.25, -0.2) is 8.42 Å². The molecule has 1 heterocycles. The molecule has 0 fully saturated rings. The first-order chi connectivity index (χ1) is 13.5. The molecule has 4 rings (SSSR count). The molecule has 0 aromatic heterocycles. The molecular formula is C21H17ClN2O3S. The first kappa shape index (κ1) is 18.5. The van der Waals surface area contributed by atoms with Crippen LogP contribution in [0.25, 0.3) is 0 Å². The van der Waals surface area contributed by atoms with Crippen LogP contribution < -0.4 is 9.62 Å². The molecule has 1 aliphatic rings. The second-order valence-electron chi connectivity index (χ2n) is 6.42. The van der Waals surface area contributed by atoms with Crippen LogP contribution in [0.1, 0.15) is 15.9 Å². The van der Waals surface area contributed by atoms with Crippen molar-refractivity contribution < 1.29 is 13.2 Å². The van der Waals surface area contributed by atoms with E-state index >= 15 is 0 Å². The Morgan fingerprint density at radius 3 is 2.43 bits per heavy atom. The fourth-order valence-electron chi connectivity index (χ4n) is 3.24. The zero-order chi connectivity index (χ0) is 19.7. The Bertz CT molecular complexity index is 1150. The van der Waals surface area contributed by atoms with Crippen molar-refractivity contribution in [2.24, 2.45) is 0 Å². The van der Waals surface area contributed by atoms with Crippen molar-refractivity contribution in [2.45, 2.75) is 11.3 Å². The highest BCUT2D eigenvalue weighted by molar-refractivity contribution is 7.92. The third-order valence-corrected chi connectivity index (χ3v) is 6.80. The van der Waals surface area contributed by atoms with Gasteiger partial charge in [0.15, 0.2) is 0 Å². The first-order valence-electron chi connectivity index (χ1n) is 8.73. The summed E-state index contributed by atoms with van der Waals surface area (Å²) < 4.78 is 27.2. The number of carbonyl (C=O) groups is 1. The van der Waals surface area contributed by atoms with Crippen molar-refractivity contribution in [3.8, 4) is 0 Å². The number of para-hydroxylation sites is 1. The van der Waals surface area contributed by atoms with E-state index < -0.39 is 10.0 Å². The normalized spacial score (nSPS) is 13.2. The minimum absolute atomic E-state index is 0.253. The summed E-state index contributed by atoms with van der Waals surface area (Å²) in [5, 5.41) is 3.24. The number of carbonyl (C=O) groups excluding carboxylic acids is 1. The molecule has 7 heteroatoms. The molecule has 142 valence electrons. The molecule has 3 aromatic rings. The molecule has 0 atom stereocenters. The highest BCUT2D eigenvalue weighted by Gasteiger charge is 2.31. The molecule has 3 aromatic carbocycles. The summed E-state index contributed by atoms with van der Waals surface area (Å²) >= 11 is 6.09. The molecule has 28 heavy (non-hydrogen) atoms. The summed E-state index contributed by atoms with van der Waals surface area (Å²) in [5.74, 6) is -0.291. The van der Waals surface area contributed by atoms with Crippen LogP contribution in [0.15, 0.2) is 77.7 Å². The van der Waals surface area contributed by atoms with Crippen LogP contribution in [0, 0.1) is 0 Å². The van der Waals surface area contributed by atoms with Gasteiger partial charge in [-0.15, -0.1) is 0 Å². The van der Waals surface area contributed by atoms with Gasteiger partial charge in [-0.05, 0) is 54.4 Å². The number of amides is 1. The maximum atomic E-state index is 12.9. The van der Waals surface area contributed by atoms with Gasteiger partial charge in [0.25, 0.3) is 15.9 Å². The zero-order valence-corrected chi connectivity index (χ0v) is 16.4. The monoisotopic (exact) mass is 412 g/mol. The lowest BCUT2D eigenvalue weighted by atomic mass is 10.1. The topological polar surface area (TPSA) is 66.5 Å². The Morgan fingerprint density at radius 1 is 0.964 bits per heavy atom. The number of fused-ring (bicyclic) bond motifs is 1. The average molecular weight is 413 g/mol. The van der Waals surface area contributed by atoms with Crippen LogP contribution in [-0.2, 0) is 16.4 Å². The van der Waals surface area contributed by atoms with Crippen LogP contribution in [0.3, 0.4) is 0 Å². The maximum absolute atomic E-state index is 12.9. The van der Waals surface area contributed by atoms with Gasteiger partial charge in [-0.3, -0.25) is 9.10 Å². The second kappa shape index (κ2) is 7.30. The Balaban J connectivity index is 1.61.